The van der Waals surface area contributed by atoms with Crippen LogP contribution in [-0.4, -0.2) is 25.2 Å². The fourth-order valence-corrected chi connectivity index (χ4v) is 5.80. The fraction of sp³-hybridized carbons (Fsp3) is 0.240. The zero-order chi connectivity index (χ0) is 23.4. The van der Waals surface area contributed by atoms with Crippen molar-refractivity contribution in [1.82, 2.24) is 9.62 Å². The molecular weight excluding hydrogens is 479 g/mol. The summed E-state index contributed by atoms with van der Waals surface area (Å²) in [5.74, 6) is -0.360. The number of carbonyl (C=O) groups excluding carboxylic acids is 1. The van der Waals surface area contributed by atoms with Gasteiger partial charge in [-0.15, -0.1) is 0 Å². The smallest absolute Gasteiger partial charge is 0.243 e. The van der Waals surface area contributed by atoms with E-state index in [2.05, 4.69) is 11.4 Å². The van der Waals surface area contributed by atoms with Crippen LogP contribution in [-0.2, 0) is 27.8 Å². The standard InChI is InChI=1S/C25H24Cl2N2O3S/c26-20-12-14-21(15-13-20)33(31,32)29(16-19-7-2-4-10-23(19)27)17-25(30)28-24-11-5-8-18-6-1-3-9-22(18)24/h1-4,6-7,9-10,12-15,24H,5,8,11,16-17H2,(H,28,30)/t24-/m0/s1. The lowest BCUT2D eigenvalue weighted by molar-refractivity contribution is -0.122. The normalized spacial score (nSPS) is 15.8. The minimum Gasteiger partial charge on any atom is -0.348 e. The highest BCUT2D eigenvalue weighted by Gasteiger charge is 2.29. The van der Waals surface area contributed by atoms with Crippen molar-refractivity contribution in [3.8, 4) is 0 Å². The highest BCUT2D eigenvalue weighted by Crippen LogP contribution is 2.30. The molecule has 0 aromatic heterocycles. The number of hydrogen-bond donors (Lipinski definition) is 1. The summed E-state index contributed by atoms with van der Waals surface area (Å²) in [6.45, 7) is -0.353. The van der Waals surface area contributed by atoms with E-state index >= 15 is 0 Å². The molecule has 0 spiro atoms. The average molecular weight is 503 g/mol. The van der Waals surface area contributed by atoms with Crippen LogP contribution in [0.2, 0.25) is 10.0 Å². The van der Waals surface area contributed by atoms with E-state index in [9.17, 15) is 13.2 Å². The molecule has 0 saturated carbocycles. The van der Waals surface area contributed by atoms with E-state index in [0.717, 1.165) is 29.1 Å². The molecule has 0 heterocycles. The maximum atomic E-state index is 13.4. The SMILES string of the molecule is O=C(CN(Cc1ccccc1Cl)S(=O)(=O)c1ccc(Cl)cc1)N[C@H]1CCCc2ccccc21. The van der Waals surface area contributed by atoms with Gasteiger partial charge in [-0.05, 0) is 66.3 Å². The number of amides is 1. The Morgan fingerprint density at radius 2 is 1.67 bits per heavy atom. The number of aryl methyl sites for hydroxylation is 1. The number of halogens is 2. The molecule has 3 aromatic rings. The molecule has 3 aromatic carbocycles. The van der Waals surface area contributed by atoms with Crippen LogP contribution in [0.4, 0.5) is 0 Å². The molecule has 1 aliphatic carbocycles. The zero-order valence-corrected chi connectivity index (χ0v) is 20.2. The second-order valence-electron chi connectivity index (χ2n) is 8.03. The lowest BCUT2D eigenvalue weighted by Crippen LogP contribution is -2.42. The summed E-state index contributed by atoms with van der Waals surface area (Å²) >= 11 is 12.2. The summed E-state index contributed by atoms with van der Waals surface area (Å²) < 4.78 is 28.0. The van der Waals surface area contributed by atoms with E-state index in [-0.39, 0.29) is 29.9 Å². The molecule has 1 amide bonds. The number of hydrogen-bond acceptors (Lipinski definition) is 3. The van der Waals surface area contributed by atoms with Gasteiger partial charge in [-0.25, -0.2) is 8.42 Å². The number of fused-ring (bicyclic) bond motifs is 1. The molecule has 5 nitrogen and oxygen atoms in total. The van der Waals surface area contributed by atoms with Gasteiger partial charge in [0.25, 0.3) is 0 Å². The highest BCUT2D eigenvalue weighted by atomic mass is 35.5. The van der Waals surface area contributed by atoms with Crippen LogP contribution in [0.5, 0.6) is 0 Å². The predicted octanol–water partition coefficient (Wildman–Crippen LogP) is 5.38. The van der Waals surface area contributed by atoms with Gasteiger partial charge in [0.15, 0.2) is 0 Å². The van der Waals surface area contributed by atoms with Crippen molar-refractivity contribution in [2.24, 2.45) is 0 Å². The van der Waals surface area contributed by atoms with E-state index in [1.807, 2.05) is 18.2 Å². The minimum absolute atomic E-state index is 0.0285. The quantitative estimate of drug-likeness (QED) is 0.471. The van der Waals surface area contributed by atoms with Gasteiger partial charge in [-0.3, -0.25) is 4.79 Å². The van der Waals surface area contributed by atoms with Crippen LogP contribution in [0.3, 0.4) is 0 Å². The lowest BCUT2D eigenvalue weighted by atomic mass is 9.88. The first kappa shape index (κ1) is 23.8. The molecule has 1 atom stereocenters. The summed E-state index contributed by atoms with van der Waals surface area (Å²) in [6.07, 6.45) is 2.76. The van der Waals surface area contributed by atoms with Gasteiger partial charge >= 0.3 is 0 Å². The van der Waals surface area contributed by atoms with Crippen LogP contribution in [0, 0.1) is 0 Å². The Labute approximate surface area is 204 Å². The van der Waals surface area contributed by atoms with E-state index in [4.69, 9.17) is 23.2 Å². The molecule has 0 radical (unpaired) electrons. The minimum atomic E-state index is -3.97. The number of nitrogens with zero attached hydrogens (tertiary/aromatic N) is 1. The third-order valence-electron chi connectivity index (χ3n) is 5.78. The predicted molar refractivity (Wildman–Crippen MR) is 131 cm³/mol. The fourth-order valence-electron chi connectivity index (χ4n) is 4.10. The molecule has 0 aliphatic heterocycles. The highest BCUT2D eigenvalue weighted by molar-refractivity contribution is 7.89. The molecule has 1 aliphatic rings. The van der Waals surface area contributed by atoms with Gasteiger partial charge in [0.05, 0.1) is 17.5 Å². The van der Waals surface area contributed by atoms with Crippen molar-refractivity contribution in [2.75, 3.05) is 6.54 Å². The molecule has 0 unspecified atom stereocenters. The van der Waals surface area contributed by atoms with Gasteiger partial charge in [0.2, 0.25) is 15.9 Å². The Hall–Kier alpha value is -2.38. The van der Waals surface area contributed by atoms with Crippen LogP contribution in [0.1, 0.15) is 35.6 Å². The Balaban J connectivity index is 1.59. The molecule has 4 rings (SSSR count). The molecular formula is C25H24Cl2N2O3S. The largest absolute Gasteiger partial charge is 0.348 e. The summed E-state index contributed by atoms with van der Waals surface area (Å²) in [6, 6.07) is 20.8. The number of nitrogens with one attached hydrogen (secondary N) is 1. The van der Waals surface area contributed by atoms with E-state index in [1.165, 1.54) is 29.8 Å². The lowest BCUT2D eigenvalue weighted by Gasteiger charge is -2.28. The third-order valence-corrected chi connectivity index (χ3v) is 8.21. The molecule has 0 saturated heterocycles. The second kappa shape index (κ2) is 10.3. The third kappa shape index (κ3) is 5.58. The molecule has 1 N–H and O–H groups in total. The van der Waals surface area contributed by atoms with Crippen LogP contribution >= 0.6 is 23.2 Å². The molecule has 0 fully saturated rings. The second-order valence-corrected chi connectivity index (χ2v) is 10.8. The van der Waals surface area contributed by atoms with E-state index in [1.54, 1.807) is 24.3 Å². The first-order valence-electron chi connectivity index (χ1n) is 10.7. The number of sulfonamides is 1. The Bertz CT molecular complexity index is 1250. The van der Waals surface area contributed by atoms with Crippen LogP contribution in [0.15, 0.2) is 77.7 Å². The van der Waals surface area contributed by atoms with Crippen LogP contribution in [0.25, 0.3) is 0 Å². The topological polar surface area (TPSA) is 66.5 Å². The maximum Gasteiger partial charge on any atom is 0.243 e. The van der Waals surface area contributed by atoms with Gasteiger partial charge in [-0.1, -0.05) is 65.7 Å². The Morgan fingerprint density at radius 1 is 0.970 bits per heavy atom. The van der Waals surface area contributed by atoms with Gasteiger partial charge in [-0.2, -0.15) is 4.31 Å². The van der Waals surface area contributed by atoms with Crippen LogP contribution < -0.4 is 5.32 Å². The van der Waals surface area contributed by atoms with Crippen molar-refractivity contribution in [1.29, 1.82) is 0 Å². The first-order chi connectivity index (χ1) is 15.8. The number of carbonyl (C=O) groups is 1. The zero-order valence-electron chi connectivity index (χ0n) is 17.9. The first-order valence-corrected chi connectivity index (χ1v) is 12.9. The average Bonchev–Trinajstić information content (AvgIpc) is 2.80. The molecule has 8 heteroatoms. The monoisotopic (exact) mass is 502 g/mol. The van der Waals surface area contributed by atoms with Crippen molar-refractivity contribution < 1.29 is 13.2 Å². The Morgan fingerprint density at radius 3 is 2.42 bits per heavy atom. The summed E-state index contributed by atoms with van der Waals surface area (Å²) in [4.78, 5) is 13.1. The van der Waals surface area contributed by atoms with E-state index < -0.39 is 10.0 Å². The van der Waals surface area contributed by atoms with Crippen molar-refractivity contribution >= 4 is 39.1 Å². The molecule has 172 valence electrons. The van der Waals surface area contributed by atoms with Crippen molar-refractivity contribution in [2.45, 2.75) is 36.7 Å². The molecule has 33 heavy (non-hydrogen) atoms. The maximum absolute atomic E-state index is 13.4. The number of rotatable bonds is 7. The van der Waals surface area contributed by atoms with Crippen molar-refractivity contribution in [3.05, 3.63) is 99.5 Å². The summed E-state index contributed by atoms with van der Waals surface area (Å²) in [5, 5.41) is 3.91. The summed E-state index contributed by atoms with van der Waals surface area (Å²) in [5.41, 5.74) is 2.93. The van der Waals surface area contributed by atoms with Crippen molar-refractivity contribution in [3.63, 3.8) is 0 Å². The molecule has 0 bridgehead atoms. The van der Waals surface area contributed by atoms with Gasteiger partial charge in [0, 0.05) is 16.6 Å². The summed E-state index contributed by atoms with van der Waals surface area (Å²) in [7, 11) is -3.97. The van der Waals surface area contributed by atoms with Gasteiger partial charge in [0.1, 0.15) is 0 Å². The Kier molecular flexibility index (Phi) is 7.39. The van der Waals surface area contributed by atoms with E-state index in [0.29, 0.717) is 15.6 Å². The van der Waals surface area contributed by atoms with Gasteiger partial charge < -0.3 is 5.32 Å². The number of benzene rings is 3.